The number of aromatic nitrogens is 5. The number of rotatable bonds is 2. The van der Waals surface area contributed by atoms with Crippen molar-refractivity contribution in [3.05, 3.63) is 35.5 Å². The maximum Gasteiger partial charge on any atom is 0.339 e. The molecular weight excluding hydrogens is 322 g/mol. The Hall–Kier alpha value is -2.32. The van der Waals surface area contributed by atoms with Crippen LogP contribution in [0.3, 0.4) is 0 Å². The average molecular weight is 335 g/mol. The summed E-state index contributed by atoms with van der Waals surface area (Å²) in [5.41, 5.74) is 12.8. The Morgan fingerprint density at radius 2 is 1.82 bits per heavy atom. The van der Waals surface area contributed by atoms with Gasteiger partial charge >= 0.3 is 5.82 Å². The van der Waals surface area contributed by atoms with Gasteiger partial charge in [-0.3, -0.25) is 0 Å². The highest BCUT2D eigenvalue weighted by Gasteiger charge is 2.29. The lowest BCUT2D eigenvalue weighted by atomic mass is 10.3. The highest BCUT2D eigenvalue weighted by atomic mass is 35.5. The molecule has 0 amide bonds. The number of halogens is 1. The molecule has 0 fully saturated rings. The quantitative estimate of drug-likeness (QED) is 0.484. The first-order valence-corrected chi connectivity index (χ1v) is 7.14. The summed E-state index contributed by atoms with van der Waals surface area (Å²) < 4.78 is 3.41. The largest absolute Gasteiger partial charge is 0.382 e. The first-order chi connectivity index (χ1) is 10.5. The monoisotopic (exact) mass is 334 g/mol. The molecule has 0 spiro atoms. The van der Waals surface area contributed by atoms with Crippen LogP contribution in [0.4, 0.5) is 11.6 Å². The number of aryl methyl sites for hydroxylation is 1. The Balaban J connectivity index is 2.31. The molecule has 112 valence electrons. The summed E-state index contributed by atoms with van der Waals surface area (Å²) in [4.78, 5) is 8.26. The van der Waals surface area contributed by atoms with Crippen LogP contribution in [-0.2, 0) is 7.05 Å². The number of anilines is 2. The highest BCUT2D eigenvalue weighted by molar-refractivity contribution is 7.80. The Labute approximate surface area is 137 Å². The summed E-state index contributed by atoms with van der Waals surface area (Å²) in [5.74, 6) is 0.855. The van der Waals surface area contributed by atoms with Crippen LogP contribution in [0.2, 0.25) is 5.15 Å². The minimum Gasteiger partial charge on any atom is -0.382 e. The third-order valence-electron chi connectivity index (χ3n) is 3.09. The van der Waals surface area contributed by atoms with Gasteiger partial charge in [-0.15, -0.1) is 4.68 Å². The van der Waals surface area contributed by atoms with Crippen LogP contribution in [0, 0.1) is 0 Å². The molecule has 2 heterocycles. The van der Waals surface area contributed by atoms with Crippen molar-refractivity contribution in [1.82, 2.24) is 19.6 Å². The Morgan fingerprint density at radius 1 is 1.14 bits per heavy atom. The molecule has 1 aromatic carbocycles. The van der Waals surface area contributed by atoms with Crippen molar-refractivity contribution in [3.8, 4) is 17.2 Å². The van der Waals surface area contributed by atoms with E-state index in [0.29, 0.717) is 16.7 Å². The maximum absolute atomic E-state index is 5.98. The van der Waals surface area contributed by atoms with Crippen LogP contribution in [0.5, 0.6) is 0 Å². The zero-order valence-corrected chi connectivity index (χ0v) is 13.3. The molecular formula is C13H13ClN7S+. The molecule has 0 saturated carbocycles. The molecule has 3 aromatic rings. The van der Waals surface area contributed by atoms with Crippen LogP contribution >= 0.6 is 24.2 Å². The molecule has 0 aliphatic rings. The van der Waals surface area contributed by atoms with Crippen LogP contribution in [0.15, 0.2) is 35.5 Å². The zero-order valence-electron chi connectivity index (χ0n) is 11.6. The summed E-state index contributed by atoms with van der Waals surface area (Å²) >= 11 is 10.4. The Kier molecular flexibility index (Phi) is 3.63. The van der Waals surface area contributed by atoms with Crippen LogP contribution in [-0.4, -0.2) is 19.6 Å². The van der Waals surface area contributed by atoms with Crippen molar-refractivity contribution in [3.63, 3.8) is 0 Å². The van der Waals surface area contributed by atoms with E-state index in [2.05, 4.69) is 27.7 Å². The van der Waals surface area contributed by atoms with E-state index in [1.54, 1.807) is 16.3 Å². The molecule has 0 aliphatic carbocycles. The smallest absolute Gasteiger partial charge is 0.339 e. The molecule has 3 rings (SSSR count). The molecule has 7 nitrogen and oxygen atoms in total. The molecule has 0 saturated heterocycles. The minimum atomic E-state index is 0.0856. The zero-order chi connectivity index (χ0) is 15.9. The Bertz CT molecular complexity index is 847. The lowest BCUT2D eigenvalue weighted by Gasteiger charge is -2.05. The van der Waals surface area contributed by atoms with Gasteiger partial charge < -0.3 is 11.5 Å². The fourth-order valence-corrected chi connectivity index (χ4v) is 2.62. The van der Waals surface area contributed by atoms with Crippen molar-refractivity contribution in [1.29, 1.82) is 0 Å². The lowest BCUT2D eigenvalue weighted by Crippen LogP contribution is -2.33. The second kappa shape index (κ2) is 5.47. The van der Waals surface area contributed by atoms with Gasteiger partial charge in [0.2, 0.25) is 0 Å². The van der Waals surface area contributed by atoms with Gasteiger partial charge in [-0.1, -0.05) is 42.4 Å². The van der Waals surface area contributed by atoms with Crippen LogP contribution in [0.1, 0.15) is 0 Å². The van der Waals surface area contributed by atoms with Gasteiger partial charge in [-0.2, -0.15) is 4.57 Å². The van der Waals surface area contributed by atoms with E-state index < -0.39 is 0 Å². The van der Waals surface area contributed by atoms with E-state index in [4.69, 9.17) is 23.1 Å². The van der Waals surface area contributed by atoms with E-state index in [1.165, 1.54) is 0 Å². The number of nitrogens with two attached hydrogens (primary N) is 2. The fourth-order valence-electron chi connectivity index (χ4n) is 2.15. The molecule has 2 aromatic heterocycles. The molecule has 0 aliphatic heterocycles. The number of thiol groups is 1. The third kappa shape index (κ3) is 2.36. The van der Waals surface area contributed by atoms with Crippen LogP contribution < -0.4 is 16.1 Å². The summed E-state index contributed by atoms with van der Waals surface area (Å²) in [6.45, 7) is 0. The van der Waals surface area contributed by atoms with Crippen molar-refractivity contribution >= 4 is 35.9 Å². The topological polar surface area (TPSA) is 99.5 Å². The van der Waals surface area contributed by atoms with Gasteiger partial charge in [0, 0.05) is 0 Å². The third-order valence-corrected chi connectivity index (χ3v) is 3.66. The number of nitrogens with zero attached hydrogens (tertiary/aromatic N) is 5. The molecule has 4 N–H and O–H groups in total. The first-order valence-electron chi connectivity index (χ1n) is 6.31. The lowest BCUT2D eigenvalue weighted by molar-refractivity contribution is -0.720. The Morgan fingerprint density at radius 3 is 2.50 bits per heavy atom. The van der Waals surface area contributed by atoms with E-state index in [1.807, 2.05) is 30.3 Å². The van der Waals surface area contributed by atoms with Crippen molar-refractivity contribution in [2.45, 2.75) is 5.16 Å². The van der Waals surface area contributed by atoms with E-state index >= 15 is 0 Å². The van der Waals surface area contributed by atoms with E-state index in [0.717, 1.165) is 5.69 Å². The van der Waals surface area contributed by atoms with Gasteiger partial charge in [0.1, 0.15) is 12.7 Å². The number of nitrogen functional groups attached to an aromatic ring is 2. The number of benzene rings is 1. The van der Waals surface area contributed by atoms with Gasteiger partial charge in [-0.25, -0.2) is 9.97 Å². The normalized spacial score (nSPS) is 10.9. The number of hydrogen-bond acceptors (Lipinski definition) is 6. The summed E-state index contributed by atoms with van der Waals surface area (Å²) in [6.07, 6.45) is 0. The molecule has 22 heavy (non-hydrogen) atoms. The number of hydrogen-bond donors (Lipinski definition) is 3. The average Bonchev–Trinajstić information content (AvgIpc) is 2.78. The summed E-state index contributed by atoms with van der Waals surface area (Å²) in [6, 6.07) is 9.60. The molecule has 0 atom stereocenters. The SMILES string of the molecule is C[n+]1nc(S)n(-c2ccccc2)c1-c1nc(Cl)c(N)nc1N. The molecule has 0 radical (unpaired) electrons. The molecule has 0 bridgehead atoms. The van der Waals surface area contributed by atoms with E-state index in [9.17, 15) is 0 Å². The molecule has 9 heteroatoms. The fraction of sp³-hybridized carbons (Fsp3) is 0.0769. The maximum atomic E-state index is 5.98. The van der Waals surface area contributed by atoms with Crippen molar-refractivity contribution in [2.75, 3.05) is 11.5 Å². The predicted octanol–water partition coefficient (Wildman–Crippen LogP) is 1.26. The van der Waals surface area contributed by atoms with Gasteiger partial charge in [-0.05, 0) is 17.2 Å². The van der Waals surface area contributed by atoms with Crippen LogP contribution in [0.25, 0.3) is 17.2 Å². The number of para-hydroxylation sites is 1. The minimum absolute atomic E-state index is 0.0856. The van der Waals surface area contributed by atoms with Gasteiger partial charge in [0.15, 0.2) is 22.5 Å². The highest BCUT2D eigenvalue weighted by Crippen LogP contribution is 2.27. The standard InChI is InChI=1S/C13H12ClN7S/c1-20-12(8-10(15)18-11(16)9(14)17-8)21(13(22)19-20)7-5-3-2-4-6-7/h2-6H,1H3,(H4,15,16,18,19,22)/p+1. The predicted molar refractivity (Wildman–Crippen MR) is 86.9 cm³/mol. The van der Waals surface area contributed by atoms with Crippen molar-refractivity contribution in [2.24, 2.45) is 7.05 Å². The molecule has 0 unspecified atom stereocenters. The van der Waals surface area contributed by atoms with Gasteiger partial charge in [0.05, 0.1) is 0 Å². The summed E-state index contributed by atoms with van der Waals surface area (Å²) in [5, 5.41) is 4.88. The second-order valence-electron chi connectivity index (χ2n) is 4.55. The summed E-state index contributed by atoms with van der Waals surface area (Å²) in [7, 11) is 1.76. The van der Waals surface area contributed by atoms with E-state index in [-0.39, 0.29) is 16.8 Å². The van der Waals surface area contributed by atoms with Crippen molar-refractivity contribution < 1.29 is 4.68 Å². The van der Waals surface area contributed by atoms with Gasteiger partial charge in [0.25, 0.3) is 5.16 Å². The second-order valence-corrected chi connectivity index (χ2v) is 5.31. The first kappa shape index (κ1) is 14.6.